The molecule has 1 nitrogen and oxygen atoms in total. The molecule has 0 N–H and O–H groups in total. The van der Waals surface area contributed by atoms with Gasteiger partial charge in [0.25, 0.3) is 0 Å². The fourth-order valence-electron chi connectivity index (χ4n) is 1.60. The highest BCUT2D eigenvalue weighted by molar-refractivity contribution is 5.56. The fraction of sp³-hybridized carbons (Fsp3) is 0.0588. The lowest BCUT2D eigenvalue weighted by molar-refractivity contribution is 0.415. The van der Waals surface area contributed by atoms with Gasteiger partial charge in [-0.1, -0.05) is 66.8 Å². The van der Waals surface area contributed by atoms with Crippen molar-refractivity contribution in [1.29, 1.82) is 0 Å². The third kappa shape index (κ3) is 3.63. The van der Waals surface area contributed by atoms with Crippen LogP contribution in [0.4, 0.5) is 0 Å². The summed E-state index contributed by atoms with van der Waals surface area (Å²) in [5.74, 6) is 0.880. The van der Waals surface area contributed by atoms with Gasteiger partial charge < -0.3 is 4.74 Å². The highest BCUT2D eigenvalue weighted by Crippen LogP contribution is 2.13. The SMILES string of the molecule is COc1ccc(/C=C/C2=C\C=C/C=C\C=C\2)cc1. The zero-order valence-corrected chi connectivity index (χ0v) is 10.4. The summed E-state index contributed by atoms with van der Waals surface area (Å²) < 4.78 is 5.13. The van der Waals surface area contributed by atoms with E-state index < -0.39 is 0 Å². The Morgan fingerprint density at radius 2 is 1.56 bits per heavy atom. The molecule has 1 aliphatic rings. The van der Waals surface area contributed by atoms with Gasteiger partial charge in [-0.3, -0.25) is 0 Å². The second-order valence-corrected chi connectivity index (χ2v) is 3.90. The van der Waals surface area contributed by atoms with Crippen LogP contribution < -0.4 is 4.74 Å². The smallest absolute Gasteiger partial charge is 0.118 e. The first-order chi connectivity index (χ1) is 8.88. The molecule has 0 spiro atoms. The van der Waals surface area contributed by atoms with E-state index in [4.69, 9.17) is 4.74 Å². The second-order valence-electron chi connectivity index (χ2n) is 3.90. The van der Waals surface area contributed by atoms with Crippen molar-refractivity contribution in [1.82, 2.24) is 0 Å². The quantitative estimate of drug-likeness (QED) is 0.759. The van der Waals surface area contributed by atoms with Crippen molar-refractivity contribution >= 4 is 6.08 Å². The Labute approximate surface area is 108 Å². The van der Waals surface area contributed by atoms with E-state index in [2.05, 4.69) is 24.3 Å². The first-order valence-electron chi connectivity index (χ1n) is 5.92. The average Bonchev–Trinajstić information content (AvgIpc) is 2.38. The maximum Gasteiger partial charge on any atom is 0.118 e. The predicted molar refractivity (Wildman–Crippen MR) is 77.5 cm³/mol. The standard InChI is InChI=1S/C17H16O/c1-18-17-13-11-16(12-14-17)10-9-15-7-5-3-2-4-6-8-15/h2-14H,1H3/b3-2-,4-2?,5-3?,6-4-,7-5+,8-6?,10-9+,15-7?,15-8-. The summed E-state index contributed by atoms with van der Waals surface area (Å²) in [6.07, 6.45) is 18.5. The molecule has 90 valence electrons. The van der Waals surface area contributed by atoms with Crippen LogP contribution in [0.25, 0.3) is 6.08 Å². The van der Waals surface area contributed by atoms with E-state index in [1.807, 2.05) is 54.6 Å². The number of rotatable bonds is 3. The zero-order chi connectivity index (χ0) is 12.6. The lowest BCUT2D eigenvalue weighted by Gasteiger charge is -1.99. The Morgan fingerprint density at radius 3 is 2.33 bits per heavy atom. The van der Waals surface area contributed by atoms with Gasteiger partial charge in [-0.2, -0.15) is 0 Å². The average molecular weight is 236 g/mol. The molecule has 1 aromatic carbocycles. The molecule has 18 heavy (non-hydrogen) atoms. The molecule has 2 rings (SSSR count). The monoisotopic (exact) mass is 236 g/mol. The molecule has 0 saturated heterocycles. The number of hydrogen-bond donors (Lipinski definition) is 0. The van der Waals surface area contributed by atoms with E-state index in [1.165, 1.54) is 5.57 Å². The minimum Gasteiger partial charge on any atom is -0.497 e. The van der Waals surface area contributed by atoms with Crippen molar-refractivity contribution in [3.8, 4) is 5.75 Å². The molecular weight excluding hydrogens is 220 g/mol. The van der Waals surface area contributed by atoms with Gasteiger partial charge in [-0.05, 0) is 23.3 Å². The van der Waals surface area contributed by atoms with E-state index in [0.717, 1.165) is 11.3 Å². The van der Waals surface area contributed by atoms with Crippen LogP contribution in [-0.2, 0) is 0 Å². The summed E-state index contributed by atoms with van der Waals surface area (Å²) >= 11 is 0. The molecule has 0 bridgehead atoms. The molecule has 1 aromatic rings. The van der Waals surface area contributed by atoms with Crippen molar-refractivity contribution in [3.05, 3.63) is 84.0 Å². The number of methoxy groups -OCH3 is 1. The van der Waals surface area contributed by atoms with Crippen LogP contribution in [0.3, 0.4) is 0 Å². The lowest BCUT2D eigenvalue weighted by atomic mass is 10.1. The van der Waals surface area contributed by atoms with E-state index >= 15 is 0 Å². The third-order valence-electron chi connectivity index (χ3n) is 2.61. The number of allylic oxidation sites excluding steroid dienone is 9. The number of hydrogen-bond acceptors (Lipinski definition) is 1. The fourth-order valence-corrected chi connectivity index (χ4v) is 1.60. The van der Waals surface area contributed by atoms with Crippen LogP contribution in [0.1, 0.15) is 5.56 Å². The maximum atomic E-state index is 5.13. The zero-order valence-electron chi connectivity index (χ0n) is 10.4. The minimum atomic E-state index is 0.880. The summed E-state index contributed by atoms with van der Waals surface area (Å²) in [5.41, 5.74) is 2.33. The highest BCUT2D eigenvalue weighted by atomic mass is 16.5. The minimum absolute atomic E-state index is 0.880. The van der Waals surface area contributed by atoms with Crippen LogP contribution in [0.2, 0.25) is 0 Å². The Morgan fingerprint density at radius 1 is 0.833 bits per heavy atom. The van der Waals surface area contributed by atoms with Gasteiger partial charge in [-0.25, -0.2) is 0 Å². The largest absolute Gasteiger partial charge is 0.497 e. The molecule has 0 amide bonds. The van der Waals surface area contributed by atoms with Crippen LogP contribution in [0, 0.1) is 0 Å². The second kappa shape index (κ2) is 6.45. The third-order valence-corrected chi connectivity index (χ3v) is 2.61. The molecule has 0 saturated carbocycles. The van der Waals surface area contributed by atoms with Gasteiger partial charge in [0.1, 0.15) is 5.75 Å². The van der Waals surface area contributed by atoms with Crippen molar-refractivity contribution < 1.29 is 4.74 Å². The molecular formula is C17H16O. The predicted octanol–water partition coefficient (Wildman–Crippen LogP) is 4.32. The summed E-state index contributed by atoms with van der Waals surface area (Å²) in [7, 11) is 1.68. The van der Waals surface area contributed by atoms with Crippen molar-refractivity contribution in [3.63, 3.8) is 0 Å². The maximum absolute atomic E-state index is 5.13. The molecule has 1 aliphatic carbocycles. The number of ether oxygens (including phenoxy) is 1. The molecule has 0 radical (unpaired) electrons. The van der Waals surface area contributed by atoms with Gasteiger partial charge in [0, 0.05) is 0 Å². The summed E-state index contributed by atoms with van der Waals surface area (Å²) in [6.45, 7) is 0. The summed E-state index contributed by atoms with van der Waals surface area (Å²) in [6, 6.07) is 8.01. The summed E-state index contributed by atoms with van der Waals surface area (Å²) in [5, 5.41) is 0. The van der Waals surface area contributed by atoms with Gasteiger partial charge in [0.15, 0.2) is 0 Å². The van der Waals surface area contributed by atoms with E-state index in [1.54, 1.807) is 7.11 Å². The first-order valence-corrected chi connectivity index (χ1v) is 5.92. The molecule has 0 atom stereocenters. The van der Waals surface area contributed by atoms with Crippen LogP contribution in [0.15, 0.2) is 78.4 Å². The molecule has 0 aliphatic heterocycles. The van der Waals surface area contributed by atoms with E-state index in [0.29, 0.717) is 0 Å². The Balaban J connectivity index is 2.09. The van der Waals surface area contributed by atoms with E-state index in [-0.39, 0.29) is 0 Å². The Kier molecular flexibility index (Phi) is 4.37. The lowest BCUT2D eigenvalue weighted by Crippen LogP contribution is -1.81. The van der Waals surface area contributed by atoms with Gasteiger partial charge in [0.05, 0.1) is 7.11 Å². The van der Waals surface area contributed by atoms with Gasteiger partial charge >= 0.3 is 0 Å². The number of benzene rings is 1. The van der Waals surface area contributed by atoms with Crippen molar-refractivity contribution in [2.75, 3.05) is 7.11 Å². The summed E-state index contributed by atoms with van der Waals surface area (Å²) in [4.78, 5) is 0. The molecule has 0 fully saturated rings. The molecule has 1 heteroatoms. The topological polar surface area (TPSA) is 9.23 Å². The first kappa shape index (κ1) is 12.2. The Hall–Kier alpha value is -2.28. The van der Waals surface area contributed by atoms with Crippen LogP contribution in [-0.4, -0.2) is 7.11 Å². The van der Waals surface area contributed by atoms with Crippen LogP contribution >= 0.6 is 0 Å². The van der Waals surface area contributed by atoms with Crippen LogP contribution in [0.5, 0.6) is 5.75 Å². The molecule has 0 heterocycles. The van der Waals surface area contributed by atoms with Gasteiger partial charge in [-0.15, -0.1) is 0 Å². The normalized spacial score (nSPS) is 22.6. The van der Waals surface area contributed by atoms with Crippen molar-refractivity contribution in [2.45, 2.75) is 0 Å². The molecule has 0 aromatic heterocycles. The highest BCUT2D eigenvalue weighted by Gasteiger charge is 1.91. The van der Waals surface area contributed by atoms with E-state index in [9.17, 15) is 0 Å². The Bertz CT molecular complexity index is 525. The molecule has 0 unspecified atom stereocenters. The van der Waals surface area contributed by atoms with Gasteiger partial charge in [0.2, 0.25) is 0 Å². The van der Waals surface area contributed by atoms with Crippen molar-refractivity contribution in [2.24, 2.45) is 0 Å².